The van der Waals surface area contributed by atoms with E-state index in [4.69, 9.17) is 0 Å². The first-order chi connectivity index (χ1) is 10.3. The number of nitrogens with zero attached hydrogens (tertiary/aromatic N) is 2. The molecule has 21 heavy (non-hydrogen) atoms. The van der Waals surface area contributed by atoms with Gasteiger partial charge in [0.25, 0.3) is 0 Å². The van der Waals surface area contributed by atoms with Gasteiger partial charge in [-0.2, -0.15) is 0 Å². The lowest BCUT2D eigenvalue weighted by Crippen LogP contribution is -2.13. The van der Waals surface area contributed by atoms with Gasteiger partial charge in [-0.25, -0.2) is 0 Å². The molecule has 2 aromatic carbocycles. The highest BCUT2D eigenvalue weighted by Crippen LogP contribution is 2.38. The van der Waals surface area contributed by atoms with Crippen LogP contribution in [0.2, 0.25) is 0 Å². The second-order valence-electron chi connectivity index (χ2n) is 5.71. The summed E-state index contributed by atoms with van der Waals surface area (Å²) in [5, 5.41) is 0. The Balaban J connectivity index is 1.71. The van der Waals surface area contributed by atoms with Crippen molar-refractivity contribution in [2.24, 2.45) is 4.99 Å². The highest BCUT2D eigenvalue weighted by atomic mass is 15.2. The third-order valence-electron chi connectivity index (χ3n) is 4.46. The third kappa shape index (κ3) is 1.90. The van der Waals surface area contributed by atoms with Gasteiger partial charge < -0.3 is 4.90 Å². The van der Waals surface area contributed by atoms with Crippen molar-refractivity contribution in [3.63, 3.8) is 0 Å². The molecule has 0 radical (unpaired) electrons. The lowest BCUT2D eigenvalue weighted by Gasteiger charge is -2.20. The average Bonchev–Trinajstić information content (AvgIpc) is 3.11. The summed E-state index contributed by atoms with van der Waals surface area (Å²) in [6.07, 6.45) is 3.99. The molecule has 2 aliphatic heterocycles. The Labute approximate surface area is 125 Å². The Kier molecular flexibility index (Phi) is 2.71. The van der Waals surface area contributed by atoms with Crippen molar-refractivity contribution >= 4 is 23.3 Å². The predicted molar refractivity (Wildman–Crippen MR) is 89.3 cm³/mol. The van der Waals surface area contributed by atoms with E-state index in [0.717, 1.165) is 30.8 Å². The van der Waals surface area contributed by atoms with Crippen molar-refractivity contribution < 1.29 is 0 Å². The fraction of sp³-hybridized carbons (Fsp3) is 0.211. The number of anilines is 1. The fourth-order valence-electron chi connectivity index (χ4n) is 3.18. The summed E-state index contributed by atoms with van der Waals surface area (Å²) in [5.41, 5.74) is 8.79. The zero-order chi connectivity index (χ0) is 14.4. The summed E-state index contributed by atoms with van der Waals surface area (Å²) in [6.45, 7) is 7.42. The molecule has 2 nitrogen and oxygen atoms in total. The van der Waals surface area contributed by atoms with Crippen LogP contribution >= 0.6 is 0 Å². The molecule has 0 bridgehead atoms. The van der Waals surface area contributed by atoms with Gasteiger partial charge in [0.15, 0.2) is 0 Å². The molecule has 0 N–H and O–H groups in total. The highest BCUT2D eigenvalue weighted by molar-refractivity contribution is 5.86. The zero-order valence-corrected chi connectivity index (χ0v) is 12.3. The molecule has 2 aliphatic rings. The molecule has 0 amide bonds. The van der Waals surface area contributed by atoms with Gasteiger partial charge in [0.05, 0.1) is 5.69 Å². The van der Waals surface area contributed by atoms with Crippen molar-refractivity contribution in [2.45, 2.75) is 26.3 Å². The molecular weight excluding hydrogens is 256 g/mol. The van der Waals surface area contributed by atoms with Crippen molar-refractivity contribution in [1.82, 2.24) is 0 Å². The van der Waals surface area contributed by atoms with E-state index >= 15 is 0 Å². The minimum Gasteiger partial charge on any atom is -0.337 e. The van der Waals surface area contributed by atoms with Crippen LogP contribution in [-0.2, 0) is 19.4 Å². The van der Waals surface area contributed by atoms with Crippen LogP contribution in [0.5, 0.6) is 0 Å². The molecular formula is C19H18N2. The Morgan fingerprint density at radius 1 is 1.14 bits per heavy atom. The Hall–Kier alpha value is -2.35. The van der Waals surface area contributed by atoms with Crippen LogP contribution in [0, 0.1) is 0 Å². The average molecular weight is 274 g/mol. The van der Waals surface area contributed by atoms with Crippen molar-refractivity contribution in [1.29, 1.82) is 0 Å². The minimum atomic E-state index is 0.914. The molecule has 2 aromatic rings. The second kappa shape index (κ2) is 4.59. The van der Waals surface area contributed by atoms with Crippen LogP contribution in [0.1, 0.15) is 29.2 Å². The monoisotopic (exact) mass is 274 g/mol. The predicted octanol–water partition coefficient (Wildman–Crippen LogP) is 4.50. The lowest BCUT2D eigenvalue weighted by atomic mass is 10.0. The summed E-state index contributed by atoms with van der Waals surface area (Å²) >= 11 is 0. The standard InChI is InChI=1S/C19H18N2/c1-3-14-4-5-16-12-21(13(2)18(16)10-14)17-6-7-19-15(11-17)8-9-20-19/h4-7,9-11H,2-3,8,12H2,1H3. The van der Waals surface area contributed by atoms with Crippen LogP contribution in [0.4, 0.5) is 11.4 Å². The van der Waals surface area contributed by atoms with Gasteiger partial charge in [-0.05, 0) is 47.4 Å². The van der Waals surface area contributed by atoms with Gasteiger partial charge in [0.1, 0.15) is 0 Å². The molecule has 2 heterocycles. The number of fused-ring (bicyclic) bond motifs is 2. The Bertz CT molecular complexity index is 771. The second-order valence-corrected chi connectivity index (χ2v) is 5.71. The molecule has 104 valence electrons. The molecule has 0 aliphatic carbocycles. The van der Waals surface area contributed by atoms with E-state index in [1.807, 2.05) is 6.21 Å². The molecule has 0 unspecified atom stereocenters. The van der Waals surface area contributed by atoms with Crippen LogP contribution in [0.25, 0.3) is 5.70 Å². The molecule has 0 spiro atoms. The van der Waals surface area contributed by atoms with Gasteiger partial charge in [0.2, 0.25) is 0 Å². The molecule has 0 saturated heterocycles. The maximum atomic E-state index is 4.38. The van der Waals surface area contributed by atoms with Crippen LogP contribution in [0.3, 0.4) is 0 Å². The summed E-state index contributed by atoms with van der Waals surface area (Å²) in [6, 6.07) is 13.3. The number of hydrogen-bond acceptors (Lipinski definition) is 2. The first kappa shape index (κ1) is 12.4. The van der Waals surface area contributed by atoms with E-state index in [9.17, 15) is 0 Å². The van der Waals surface area contributed by atoms with Crippen molar-refractivity contribution in [2.75, 3.05) is 4.90 Å². The number of hydrogen-bond donors (Lipinski definition) is 0. The van der Waals surface area contributed by atoms with E-state index in [1.165, 1.54) is 27.9 Å². The normalized spacial score (nSPS) is 15.5. The highest BCUT2D eigenvalue weighted by Gasteiger charge is 2.24. The van der Waals surface area contributed by atoms with E-state index in [2.05, 4.69) is 59.8 Å². The van der Waals surface area contributed by atoms with Gasteiger partial charge in [-0.1, -0.05) is 25.6 Å². The first-order valence-electron chi connectivity index (χ1n) is 7.50. The molecule has 0 saturated carbocycles. The maximum Gasteiger partial charge on any atom is 0.0663 e. The van der Waals surface area contributed by atoms with Crippen molar-refractivity contribution in [3.8, 4) is 0 Å². The number of aliphatic imine (C=N–C) groups is 1. The zero-order valence-electron chi connectivity index (χ0n) is 12.3. The van der Waals surface area contributed by atoms with Crippen molar-refractivity contribution in [3.05, 3.63) is 65.2 Å². The first-order valence-corrected chi connectivity index (χ1v) is 7.50. The van der Waals surface area contributed by atoms with E-state index in [1.54, 1.807) is 0 Å². The Morgan fingerprint density at radius 3 is 2.90 bits per heavy atom. The summed E-state index contributed by atoms with van der Waals surface area (Å²) in [4.78, 5) is 6.69. The molecule has 2 heteroatoms. The third-order valence-corrected chi connectivity index (χ3v) is 4.46. The van der Waals surface area contributed by atoms with Gasteiger partial charge in [-0.15, -0.1) is 0 Å². The summed E-state index contributed by atoms with van der Waals surface area (Å²) in [7, 11) is 0. The van der Waals surface area contributed by atoms with Gasteiger partial charge in [-0.3, -0.25) is 4.99 Å². The molecule has 4 rings (SSSR count). The van der Waals surface area contributed by atoms with Crippen LogP contribution < -0.4 is 4.90 Å². The van der Waals surface area contributed by atoms with E-state index in [-0.39, 0.29) is 0 Å². The van der Waals surface area contributed by atoms with Crippen LogP contribution in [-0.4, -0.2) is 6.21 Å². The largest absolute Gasteiger partial charge is 0.337 e. The van der Waals surface area contributed by atoms with Crippen LogP contribution in [0.15, 0.2) is 48.0 Å². The molecule has 0 fully saturated rings. The fourth-order valence-corrected chi connectivity index (χ4v) is 3.18. The minimum absolute atomic E-state index is 0.914. The molecule has 0 atom stereocenters. The number of aryl methyl sites for hydroxylation is 1. The van der Waals surface area contributed by atoms with E-state index in [0.29, 0.717) is 0 Å². The summed E-state index contributed by atoms with van der Waals surface area (Å²) in [5.74, 6) is 0. The quantitative estimate of drug-likeness (QED) is 0.787. The summed E-state index contributed by atoms with van der Waals surface area (Å²) < 4.78 is 0. The van der Waals surface area contributed by atoms with Gasteiger partial charge >= 0.3 is 0 Å². The number of benzene rings is 2. The van der Waals surface area contributed by atoms with Gasteiger partial charge in [0, 0.05) is 36.1 Å². The lowest BCUT2D eigenvalue weighted by molar-refractivity contribution is 1.04. The maximum absolute atomic E-state index is 4.38. The number of rotatable bonds is 2. The smallest absolute Gasteiger partial charge is 0.0663 e. The molecule has 0 aromatic heterocycles. The SMILES string of the molecule is C=C1c2cc(CC)ccc2CN1c1ccc2c(c1)CC=N2. The topological polar surface area (TPSA) is 15.6 Å². The Morgan fingerprint density at radius 2 is 2.05 bits per heavy atom. The van der Waals surface area contributed by atoms with E-state index < -0.39 is 0 Å².